The number of nitrogens with zero attached hydrogens (tertiary/aromatic N) is 1. The Morgan fingerprint density at radius 2 is 1.69 bits per heavy atom. The van der Waals surface area contributed by atoms with Gasteiger partial charge in [0.15, 0.2) is 0 Å². The third kappa shape index (κ3) is 6.07. The van der Waals surface area contributed by atoms with Gasteiger partial charge in [0.05, 0.1) is 17.3 Å². The minimum absolute atomic E-state index is 0.0846. The van der Waals surface area contributed by atoms with Crippen molar-refractivity contribution in [3.63, 3.8) is 0 Å². The molecule has 5 N–H and O–H groups in total. The highest BCUT2D eigenvalue weighted by atomic mass is 35.5. The van der Waals surface area contributed by atoms with Crippen molar-refractivity contribution in [1.29, 1.82) is 0 Å². The van der Waals surface area contributed by atoms with E-state index in [1.165, 1.54) is 18.2 Å². The Balaban J connectivity index is 1.43. The molecular weight excluding hydrogens is 476 g/mol. The quantitative estimate of drug-likeness (QED) is 0.215. The first kappa shape index (κ1) is 24.9. The van der Waals surface area contributed by atoms with Gasteiger partial charge in [-0.1, -0.05) is 78.3 Å². The van der Waals surface area contributed by atoms with Gasteiger partial charge in [-0.15, -0.1) is 0 Å². The summed E-state index contributed by atoms with van der Waals surface area (Å²) in [5, 5.41) is 18.5. The van der Waals surface area contributed by atoms with Crippen molar-refractivity contribution in [3.8, 4) is 5.75 Å². The maximum absolute atomic E-state index is 12.6. The first-order valence-electron chi connectivity index (χ1n) is 11.3. The van der Waals surface area contributed by atoms with Gasteiger partial charge in [-0.05, 0) is 46.5 Å². The van der Waals surface area contributed by atoms with E-state index in [2.05, 4.69) is 15.8 Å². The summed E-state index contributed by atoms with van der Waals surface area (Å²) in [4.78, 5) is 24.9. The zero-order valence-electron chi connectivity index (χ0n) is 19.3. The lowest BCUT2D eigenvalue weighted by Crippen LogP contribution is -2.41. The van der Waals surface area contributed by atoms with Crippen LogP contribution in [0.25, 0.3) is 10.8 Å². The van der Waals surface area contributed by atoms with E-state index >= 15 is 0 Å². The molecule has 0 aromatic heterocycles. The molecule has 0 fully saturated rings. The molecule has 4 aromatic rings. The summed E-state index contributed by atoms with van der Waals surface area (Å²) in [5.74, 6) is -0.771. The van der Waals surface area contributed by atoms with Gasteiger partial charge in [0.25, 0.3) is 5.91 Å². The number of rotatable bonds is 8. The van der Waals surface area contributed by atoms with Crippen LogP contribution >= 0.6 is 11.6 Å². The molecule has 1 atom stereocenters. The Hall–Kier alpha value is -4.20. The monoisotopic (exact) mass is 500 g/mol. The van der Waals surface area contributed by atoms with E-state index in [1.54, 1.807) is 6.21 Å². The van der Waals surface area contributed by atoms with Crippen molar-refractivity contribution in [2.75, 3.05) is 0 Å². The van der Waals surface area contributed by atoms with E-state index in [1.807, 2.05) is 66.7 Å². The molecule has 0 saturated heterocycles. The maximum Gasteiger partial charge on any atom is 0.271 e. The lowest BCUT2D eigenvalue weighted by molar-refractivity contribution is -0.122. The molecular formula is C28H25ClN4O3. The number of nitrogens with one attached hydrogen (secondary N) is 2. The average Bonchev–Trinajstić information content (AvgIpc) is 2.89. The zero-order valence-corrected chi connectivity index (χ0v) is 20.1. The van der Waals surface area contributed by atoms with Crippen molar-refractivity contribution < 1.29 is 14.7 Å². The number of aromatic hydroxyl groups is 1. The number of nitrogens with two attached hydrogens (primary N) is 1. The van der Waals surface area contributed by atoms with E-state index in [9.17, 15) is 14.7 Å². The van der Waals surface area contributed by atoms with Crippen molar-refractivity contribution >= 4 is 40.4 Å². The number of halogens is 1. The number of fused-ring (bicyclic) bond motifs is 1. The summed E-state index contributed by atoms with van der Waals surface area (Å²) in [5.41, 5.74) is 11.6. The lowest BCUT2D eigenvalue weighted by Gasteiger charge is -2.14. The predicted octanol–water partition coefficient (Wildman–Crippen LogP) is 4.15. The number of benzene rings is 4. The second kappa shape index (κ2) is 11.5. The van der Waals surface area contributed by atoms with Gasteiger partial charge in [0.1, 0.15) is 5.75 Å². The third-order valence-corrected chi connectivity index (χ3v) is 6.02. The first-order valence-corrected chi connectivity index (χ1v) is 11.7. The zero-order chi connectivity index (χ0) is 25.5. The highest BCUT2D eigenvalue weighted by molar-refractivity contribution is 6.32. The second-order valence-electron chi connectivity index (χ2n) is 8.24. The van der Waals surface area contributed by atoms with Crippen molar-refractivity contribution in [1.82, 2.24) is 10.7 Å². The fourth-order valence-corrected chi connectivity index (χ4v) is 3.98. The normalized spacial score (nSPS) is 11.9. The van der Waals surface area contributed by atoms with Gasteiger partial charge in [-0.2, -0.15) is 5.10 Å². The molecule has 0 spiro atoms. The third-order valence-electron chi connectivity index (χ3n) is 5.72. The number of carbonyl (C=O) groups is 2. The summed E-state index contributed by atoms with van der Waals surface area (Å²) in [7, 11) is 0. The number of phenolic OH excluding ortho intramolecular Hbond substituents is 1. The van der Waals surface area contributed by atoms with Crippen molar-refractivity contribution in [3.05, 3.63) is 112 Å². The van der Waals surface area contributed by atoms with E-state index < -0.39 is 11.9 Å². The average molecular weight is 501 g/mol. The number of hydrazone groups is 1. The topological polar surface area (TPSA) is 117 Å². The van der Waals surface area contributed by atoms with Crippen LogP contribution in [0.3, 0.4) is 0 Å². The molecule has 0 radical (unpaired) electrons. The molecule has 0 heterocycles. The Labute approximate surface area is 213 Å². The molecule has 182 valence electrons. The standard InChI is InChI=1S/C28H25ClN4O3/c29-24-15-19(12-13-26(24)34)27(35)33-32-17-21-11-10-20(22-8-4-5-9-23(21)22)16-31-28(36)25(30)14-18-6-2-1-3-7-18/h1-13,15,17,25,34H,14,16,30H2,(H,31,36)(H,33,35)/b32-17+/t25-/m1/s1. The van der Waals surface area contributed by atoms with Crippen LogP contribution in [-0.4, -0.2) is 29.2 Å². The highest BCUT2D eigenvalue weighted by Gasteiger charge is 2.14. The van der Waals surface area contributed by atoms with E-state index in [0.717, 1.165) is 27.5 Å². The van der Waals surface area contributed by atoms with Crippen LogP contribution in [0, 0.1) is 0 Å². The SMILES string of the molecule is N[C@H](Cc1ccccc1)C(=O)NCc1ccc(/C=N/NC(=O)c2ccc(O)c(Cl)c2)c2ccccc12. The van der Waals surface area contributed by atoms with Gasteiger partial charge < -0.3 is 16.2 Å². The molecule has 7 nitrogen and oxygen atoms in total. The molecule has 4 aromatic carbocycles. The van der Waals surface area contributed by atoms with Crippen LogP contribution in [0.4, 0.5) is 0 Å². The Morgan fingerprint density at radius 1 is 0.972 bits per heavy atom. The lowest BCUT2D eigenvalue weighted by atomic mass is 9.99. The molecule has 0 aliphatic carbocycles. The summed E-state index contributed by atoms with van der Waals surface area (Å²) in [6.45, 7) is 0.331. The Bertz CT molecular complexity index is 1420. The number of hydrogen-bond donors (Lipinski definition) is 4. The molecule has 0 unspecified atom stereocenters. The minimum Gasteiger partial charge on any atom is -0.506 e. The molecule has 0 aliphatic heterocycles. The smallest absolute Gasteiger partial charge is 0.271 e. The van der Waals surface area contributed by atoms with Crippen LogP contribution in [0.1, 0.15) is 27.0 Å². The summed E-state index contributed by atoms with van der Waals surface area (Å²) < 4.78 is 0. The molecule has 2 amide bonds. The summed E-state index contributed by atoms with van der Waals surface area (Å²) in [6.07, 6.45) is 2.02. The largest absolute Gasteiger partial charge is 0.506 e. The van der Waals surface area contributed by atoms with Gasteiger partial charge in [0.2, 0.25) is 5.91 Å². The Kier molecular flexibility index (Phi) is 7.95. The van der Waals surface area contributed by atoms with Gasteiger partial charge in [-0.25, -0.2) is 5.43 Å². The summed E-state index contributed by atoms with van der Waals surface area (Å²) in [6, 6.07) is 24.7. The fraction of sp³-hybridized carbons (Fsp3) is 0.107. The minimum atomic E-state index is -0.642. The van der Waals surface area contributed by atoms with Gasteiger partial charge >= 0.3 is 0 Å². The predicted molar refractivity (Wildman–Crippen MR) is 142 cm³/mol. The van der Waals surface area contributed by atoms with Crippen LogP contribution in [-0.2, 0) is 17.8 Å². The molecule has 8 heteroatoms. The van der Waals surface area contributed by atoms with E-state index in [-0.39, 0.29) is 22.2 Å². The number of hydrogen-bond acceptors (Lipinski definition) is 5. The molecule has 36 heavy (non-hydrogen) atoms. The fourth-order valence-electron chi connectivity index (χ4n) is 3.80. The molecule has 0 saturated carbocycles. The van der Waals surface area contributed by atoms with Crippen LogP contribution < -0.4 is 16.5 Å². The highest BCUT2D eigenvalue weighted by Crippen LogP contribution is 2.24. The number of carbonyl (C=O) groups excluding carboxylic acids is 2. The van der Waals surface area contributed by atoms with Crippen molar-refractivity contribution in [2.45, 2.75) is 19.0 Å². The molecule has 0 bridgehead atoms. The van der Waals surface area contributed by atoms with Crippen LogP contribution in [0.15, 0.2) is 90.0 Å². The van der Waals surface area contributed by atoms with Crippen molar-refractivity contribution in [2.24, 2.45) is 10.8 Å². The van der Waals surface area contributed by atoms with E-state index in [0.29, 0.717) is 13.0 Å². The molecule has 4 rings (SSSR count). The summed E-state index contributed by atoms with van der Waals surface area (Å²) >= 11 is 5.87. The number of phenols is 1. The van der Waals surface area contributed by atoms with Gasteiger partial charge in [0, 0.05) is 17.7 Å². The Morgan fingerprint density at radius 3 is 2.44 bits per heavy atom. The van der Waals surface area contributed by atoms with Crippen LogP contribution in [0.5, 0.6) is 5.75 Å². The second-order valence-corrected chi connectivity index (χ2v) is 8.65. The number of amides is 2. The van der Waals surface area contributed by atoms with E-state index in [4.69, 9.17) is 17.3 Å². The maximum atomic E-state index is 12.6. The van der Waals surface area contributed by atoms with Gasteiger partial charge in [-0.3, -0.25) is 9.59 Å². The van der Waals surface area contributed by atoms with Crippen LogP contribution in [0.2, 0.25) is 5.02 Å². The molecule has 0 aliphatic rings. The first-order chi connectivity index (χ1) is 17.4.